The van der Waals surface area contributed by atoms with E-state index in [1.165, 1.54) is 0 Å². The molecule has 128 valence electrons. The van der Waals surface area contributed by atoms with Crippen LogP contribution in [0.5, 0.6) is 5.75 Å². The maximum Gasteiger partial charge on any atom is 0.150 e. The number of ether oxygens (including phenoxy) is 1. The summed E-state index contributed by atoms with van der Waals surface area (Å²) in [6, 6.07) is 10.5. The average Bonchev–Trinajstić information content (AvgIpc) is 2.62. The van der Waals surface area contributed by atoms with Gasteiger partial charge in [-0.3, -0.25) is 4.98 Å². The van der Waals surface area contributed by atoms with Gasteiger partial charge in [0.25, 0.3) is 0 Å². The largest absolute Gasteiger partial charge is 0.492 e. The van der Waals surface area contributed by atoms with Crippen LogP contribution >= 0.6 is 0 Å². The van der Waals surface area contributed by atoms with E-state index in [9.17, 15) is 0 Å². The molecule has 2 heterocycles. The van der Waals surface area contributed by atoms with Crippen molar-refractivity contribution in [2.45, 2.75) is 32.7 Å². The van der Waals surface area contributed by atoms with Gasteiger partial charge in [-0.25, -0.2) is 4.98 Å². The van der Waals surface area contributed by atoms with Crippen LogP contribution in [0.4, 0.5) is 5.82 Å². The third-order valence-corrected chi connectivity index (χ3v) is 4.39. The van der Waals surface area contributed by atoms with Crippen molar-refractivity contribution in [1.29, 1.82) is 0 Å². The zero-order valence-electron chi connectivity index (χ0n) is 14.5. The summed E-state index contributed by atoms with van der Waals surface area (Å²) in [6.45, 7) is 7.66. The van der Waals surface area contributed by atoms with E-state index in [-0.39, 0.29) is 0 Å². The van der Waals surface area contributed by atoms with Crippen LogP contribution in [0.1, 0.15) is 24.2 Å². The topological polar surface area (TPSA) is 50.3 Å². The lowest BCUT2D eigenvalue weighted by molar-refractivity contribution is 0.296. The molecule has 0 saturated carbocycles. The first kappa shape index (κ1) is 16.7. The van der Waals surface area contributed by atoms with E-state index in [4.69, 9.17) is 4.74 Å². The third-order valence-electron chi connectivity index (χ3n) is 4.39. The van der Waals surface area contributed by atoms with Crippen molar-refractivity contribution in [2.75, 3.05) is 31.1 Å². The Morgan fingerprint density at radius 1 is 1.17 bits per heavy atom. The Hall–Kier alpha value is -2.14. The molecule has 0 spiro atoms. The Morgan fingerprint density at radius 2 is 1.92 bits per heavy atom. The minimum atomic E-state index is 0.554. The number of para-hydroxylation sites is 1. The van der Waals surface area contributed by atoms with Crippen molar-refractivity contribution in [3.8, 4) is 5.75 Å². The monoisotopic (exact) mass is 326 g/mol. The number of rotatable bonds is 6. The van der Waals surface area contributed by atoms with E-state index >= 15 is 0 Å². The SMILES string of the molecule is Cc1cnc(C)c(N2CCC(NCCOc3ccccc3)CC2)n1. The first-order chi connectivity index (χ1) is 11.7. The van der Waals surface area contributed by atoms with E-state index in [0.717, 1.165) is 55.4 Å². The molecule has 1 fully saturated rings. The number of aromatic nitrogens is 2. The number of benzene rings is 1. The summed E-state index contributed by atoms with van der Waals surface area (Å²) >= 11 is 0. The second kappa shape index (κ2) is 8.11. The van der Waals surface area contributed by atoms with Gasteiger partial charge in [0, 0.05) is 31.9 Å². The standard InChI is InChI=1S/C19H26N4O/c1-15-14-21-16(2)19(22-15)23-11-8-17(9-12-23)20-10-13-24-18-6-4-3-5-7-18/h3-7,14,17,20H,8-13H2,1-2H3. The molecule has 1 N–H and O–H groups in total. The number of hydrogen-bond donors (Lipinski definition) is 1. The molecule has 0 aliphatic carbocycles. The van der Waals surface area contributed by atoms with Gasteiger partial charge < -0.3 is 15.0 Å². The van der Waals surface area contributed by atoms with Crippen molar-refractivity contribution in [1.82, 2.24) is 15.3 Å². The van der Waals surface area contributed by atoms with Gasteiger partial charge in [-0.05, 0) is 38.8 Å². The summed E-state index contributed by atoms with van der Waals surface area (Å²) < 4.78 is 5.73. The highest BCUT2D eigenvalue weighted by molar-refractivity contribution is 5.43. The Labute approximate surface area is 144 Å². The number of nitrogens with zero attached hydrogens (tertiary/aromatic N) is 3. The predicted molar refractivity (Wildman–Crippen MR) is 96.7 cm³/mol. The zero-order valence-corrected chi connectivity index (χ0v) is 14.5. The number of aryl methyl sites for hydroxylation is 2. The van der Waals surface area contributed by atoms with Crippen LogP contribution in [-0.2, 0) is 0 Å². The number of anilines is 1. The molecular weight excluding hydrogens is 300 g/mol. The van der Waals surface area contributed by atoms with Crippen molar-refractivity contribution >= 4 is 5.82 Å². The van der Waals surface area contributed by atoms with Gasteiger partial charge >= 0.3 is 0 Å². The molecule has 3 rings (SSSR count). The fraction of sp³-hybridized carbons (Fsp3) is 0.474. The Kier molecular flexibility index (Phi) is 5.64. The fourth-order valence-corrected chi connectivity index (χ4v) is 3.07. The average molecular weight is 326 g/mol. The van der Waals surface area contributed by atoms with Gasteiger partial charge in [0.05, 0.1) is 11.4 Å². The van der Waals surface area contributed by atoms with Crippen LogP contribution in [0.25, 0.3) is 0 Å². The third kappa shape index (κ3) is 4.45. The van der Waals surface area contributed by atoms with Gasteiger partial charge in [0.15, 0.2) is 0 Å². The first-order valence-corrected chi connectivity index (χ1v) is 8.69. The molecule has 0 bridgehead atoms. The molecule has 0 amide bonds. The normalized spacial score (nSPS) is 15.5. The van der Waals surface area contributed by atoms with Crippen molar-refractivity contribution in [3.63, 3.8) is 0 Å². The van der Waals surface area contributed by atoms with Crippen molar-refractivity contribution < 1.29 is 4.74 Å². The Bertz CT molecular complexity index is 639. The van der Waals surface area contributed by atoms with Gasteiger partial charge in [-0.1, -0.05) is 18.2 Å². The lowest BCUT2D eigenvalue weighted by atomic mass is 10.0. The maximum atomic E-state index is 5.73. The highest BCUT2D eigenvalue weighted by Crippen LogP contribution is 2.20. The summed E-state index contributed by atoms with van der Waals surface area (Å²) in [5.41, 5.74) is 2.00. The first-order valence-electron chi connectivity index (χ1n) is 8.69. The molecular formula is C19H26N4O. The molecule has 24 heavy (non-hydrogen) atoms. The van der Waals surface area contributed by atoms with E-state index in [0.29, 0.717) is 12.6 Å². The second-order valence-electron chi connectivity index (χ2n) is 6.30. The highest BCUT2D eigenvalue weighted by atomic mass is 16.5. The van der Waals surface area contributed by atoms with E-state index < -0.39 is 0 Å². The van der Waals surface area contributed by atoms with Gasteiger partial charge in [-0.15, -0.1) is 0 Å². The number of hydrogen-bond acceptors (Lipinski definition) is 5. The minimum absolute atomic E-state index is 0.554. The molecule has 1 aromatic carbocycles. The van der Waals surface area contributed by atoms with Crippen LogP contribution in [0, 0.1) is 13.8 Å². The molecule has 0 atom stereocenters. The van der Waals surface area contributed by atoms with Crippen LogP contribution in [0.3, 0.4) is 0 Å². The van der Waals surface area contributed by atoms with Crippen LogP contribution in [-0.4, -0.2) is 42.3 Å². The van der Waals surface area contributed by atoms with Gasteiger partial charge in [0.1, 0.15) is 18.2 Å². The molecule has 2 aromatic rings. The summed E-state index contributed by atoms with van der Waals surface area (Å²) in [5.74, 6) is 1.98. The Morgan fingerprint density at radius 3 is 2.67 bits per heavy atom. The molecule has 5 nitrogen and oxygen atoms in total. The zero-order chi connectivity index (χ0) is 16.8. The summed E-state index contributed by atoms with van der Waals surface area (Å²) in [4.78, 5) is 11.4. The van der Waals surface area contributed by atoms with Crippen LogP contribution in [0.2, 0.25) is 0 Å². The van der Waals surface area contributed by atoms with E-state index in [2.05, 4.69) is 20.2 Å². The molecule has 0 unspecified atom stereocenters. The fourth-order valence-electron chi connectivity index (χ4n) is 3.07. The summed E-state index contributed by atoms with van der Waals surface area (Å²) in [5, 5.41) is 3.60. The molecule has 1 saturated heterocycles. The van der Waals surface area contributed by atoms with E-state index in [1.807, 2.05) is 50.4 Å². The lowest BCUT2D eigenvalue weighted by Crippen LogP contribution is -2.44. The number of nitrogens with one attached hydrogen (secondary N) is 1. The van der Waals surface area contributed by atoms with Crippen LogP contribution in [0.15, 0.2) is 36.5 Å². The second-order valence-corrected chi connectivity index (χ2v) is 6.30. The van der Waals surface area contributed by atoms with Crippen molar-refractivity contribution in [3.05, 3.63) is 47.9 Å². The quantitative estimate of drug-likeness (QED) is 0.827. The maximum absolute atomic E-state index is 5.73. The molecule has 1 aliphatic heterocycles. The summed E-state index contributed by atoms with van der Waals surface area (Å²) in [7, 11) is 0. The summed E-state index contributed by atoms with van der Waals surface area (Å²) in [6.07, 6.45) is 4.08. The van der Waals surface area contributed by atoms with Crippen LogP contribution < -0.4 is 15.0 Å². The molecule has 0 radical (unpaired) electrons. The molecule has 1 aliphatic rings. The molecule has 1 aromatic heterocycles. The lowest BCUT2D eigenvalue weighted by Gasteiger charge is -2.33. The van der Waals surface area contributed by atoms with Crippen molar-refractivity contribution in [2.24, 2.45) is 0 Å². The predicted octanol–water partition coefficient (Wildman–Crippen LogP) is 2.73. The van der Waals surface area contributed by atoms with E-state index in [1.54, 1.807) is 0 Å². The highest BCUT2D eigenvalue weighted by Gasteiger charge is 2.21. The Balaban J connectivity index is 1.40. The smallest absolute Gasteiger partial charge is 0.150 e. The molecule has 5 heteroatoms. The number of piperidine rings is 1. The van der Waals surface area contributed by atoms with Gasteiger partial charge in [0.2, 0.25) is 0 Å². The van der Waals surface area contributed by atoms with Gasteiger partial charge in [-0.2, -0.15) is 0 Å². The minimum Gasteiger partial charge on any atom is -0.492 e.